The van der Waals surface area contributed by atoms with Gasteiger partial charge in [0.25, 0.3) is 0 Å². The van der Waals surface area contributed by atoms with Gasteiger partial charge in [-0.2, -0.15) is 0 Å². The molecule has 2 aromatic rings. The monoisotopic (exact) mass is 260 g/mol. The maximum absolute atomic E-state index is 5.60. The molecule has 0 spiro atoms. The number of ether oxygens (including phenoxy) is 2. The number of hydrogen-bond acceptors (Lipinski definition) is 6. The van der Waals surface area contributed by atoms with Gasteiger partial charge in [-0.3, -0.25) is 0 Å². The molecule has 0 atom stereocenters. The second-order valence-corrected chi connectivity index (χ2v) is 3.82. The van der Waals surface area contributed by atoms with Crippen molar-refractivity contribution in [2.24, 2.45) is 0 Å². The first-order valence-electron chi connectivity index (χ1n) is 5.76. The Bertz CT molecular complexity index is 560. The van der Waals surface area contributed by atoms with Crippen LogP contribution in [0.3, 0.4) is 0 Å². The minimum atomic E-state index is 0.458. The Kier molecular flexibility index (Phi) is 4.02. The number of nitrogens with one attached hydrogen (secondary N) is 1. The first kappa shape index (κ1) is 12.9. The van der Waals surface area contributed by atoms with Crippen molar-refractivity contribution in [1.29, 1.82) is 0 Å². The number of hydrogen-bond donors (Lipinski definition) is 2. The zero-order valence-corrected chi connectivity index (χ0v) is 10.9. The van der Waals surface area contributed by atoms with Crippen molar-refractivity contribution in [3.63, 3.8) is 0 Å². The molecule has 100 valence electrons. The van der Waals surface area contributed by atoms with E-state index in [0.717, 1.165) is 5.69 Å². The first-order chi connectivity index (χ1) is 9.22. The molecule has 0 aliphatic heterocycles. The predicted octanol–water partition coefficient (Wildman–Crippen LogP) is 1.69. The van der Waals surface area contributed by atoms with E-state index in [9.17, 15) is 0 Å². The van der Waals surface area contributed by atoms with Crippen LogP contribution in [0.4, 0.5) is 11.5 Å². The van der Waals surface area contributed by atoms with E-state index in [4.69, 9.17) is 15.2 Å². The third-order valence-corrected chi connectivity index (χ3v) is 2.56. The van der Waals surface area contributed by atoms with Gasteiger partial charge >= 0.3 is 0 Å². The summed E-state index contributed by atoms with van der Waals surface area (Å²) in [5, 5.41) is 3.20. The van der Waals surface area contributed by atoms with Gasteiger partial charge in [-0.1, -0.05) is 0 Å². The molecule has 1 aromatic carbocycles. The number of nitrogens with two attached hydrogens (primary N) is 1. The van der Waals surface area contributed by atoms with Crippen LogP contribution in [0.25, 0.3) is 0 Å². The lowest BCUT2D eigenvalue weighted by Crippen LogP contribution is -2.05. The standard InChI is InChI=1S/C13H16N4O2/c1-18-10-4-3-9(7-11(10)19-2)16-8-13-15-6-5-12(14)17-13/h3-7,16H,8H2,1-2H3,(H2,14,15,17). The largest absolute Gasteiger partial charge is 0.493 e. The Morgan fingerprint density at radius 1 is 1.16 bits per heavy atom. The molecule has 0 amide bonds. The van der Waals surface area contributed by atoms with E-state index < -0.39 is 0 Å². The molecule has 0 aliphatic rings. The zero-order chi connectivity index (χ0) is 13.7. The molecule has 0 unspecified atom stereocenters. The highest BCUT2D eigenvalue weighted by Crippen LogP contribution is 2.29. The van der Waals surface area contributed by atoms with Crippen LogP contribution in [0.1, 0.15) is 5.82 Å². The summed E-state index contributed by atoms with van der Waals surface area (Å²) in [6.45, 7) is 0.487. The third kappa shape index (κ3) is 3.25. The lowest BCUT2D eigenvalue weighted by atomic mass is 10.2. The molecule has 0 bridgehead atoms. The van der Waals surface area contributed by atoms with Gasteiger partial charge in [0.15, 0.2) is 11.5 Å². The van der Waals surface area contributed by atoms with Crippen LogP contribution in [0.15, 0.2) is 30.5 Å². The highest BCUT2D eigenvalue weighted by molar-refractivity contribution is 5.54. The van der Waals surface area contributed by atoms with Crippen LogP contribution in [-0.2, 0) is 6.54 Å². The Morgan fingerprint density at radius 2 is 1.95 bits per heavy atom. The number of nitrogens with zero attached hydrogens (tertiary/aromatic N) is 2. The van der Waals surface area contributed by atoms with Crippen molar-refractivity contribution < 1.29 is 9.47 Å². The molecule has 19 heavy (non-hydrogen) atoms. The molecule has 2 rings (SSSR count). The van der Waals surface area contributed by atoms with Crippen molar-refractivity contribution in [3.8, 4) is 11.5 Å². The SMILES string of the molecule is COc1ccc(NCc2nccc(N)n2)cc1OC. The summed E-state index contributed by atoms with van der Waals surface area (Å²) in [5.41, 5.74) is 6.49. The summed E-state index contributed by atoms with van der Waals surface area (Å²) in [6, 6.07) is 7.24. The summed E-state index contributed by atoms with van der Waals surface area (Å²) in [5.74, 6) is 2.45. The maximum atomic E-state index is 5.60. The van der Waals surface area contributed by atoms with E-state index >= 15 is 0 Å². The van der Waals surface area contributed by atoms with Gasteiger partial charge < -0.3 is 20.5 Å². The fraction of sp³-hybridized carbons (Fsp3) is 0.231. The predicted molar refractivity (Wildman–Crippen MR) is 73.3 cm³/mol. The lowest BCUT2D eigenvalue weighted by Gasteiger charge is -2.10. The average Bonchev–Trinajstić information content (AvgIpc) is 2.45. The minimum Gasteiger partial charge on any atom is -0.493 e. The van der Waals surface area contributed by atoms with E-state index in [1.54, 1.807) is 26.5 Å². The van der Waals surface area contributed by atoms with Gasteiger partial charge in [0.1, 0.15) is 11.6 Å². The molecular weight excluding hydrogens is 244 g/mol. The Labute approximate surface area is 111 Å². The van der Waals surface area contributed by atoms with Gasteiger partial charge in [0.05, 0.1) is 20.8 Å². The van der Waals surface area contributed by atoms with E-state index in [1.165, 1.54) is 0 Å². The summed E-state index contributed by atoms with van der Waals surface area (Å²) >= 11 is 0. The summed E-state index contributed by atoms with van der Waals surface area (Å²) in [6.07, 6.45) is 1.63. The Morgan fingerprint density at radius 3 is 2.63 bits per heavy atom. The number of anilines is 2. The Hall–Kier alpha value is -2.50. The summed E-state index contributed by atoms with van der Waals surface area (Å²) in [7, 11) is 3.20. The molecule has 1 aromatic heterocycles. The highest BCUT2D eigenvalue weighted by Gasteiger charge is 2.04. The van der Waals surface area contributed by atoms with Gasteiger partial charge in [-0.25, -0.2) is 9.97 Å². The fourth-order valence-corrected chi connectivity index (χ4v) is 1.63. The molecule has 1 heterocycles. The molecule has 0 aliphatic carbocycles. The minimum absolute atomic E-state index is 0.458. The normalized spacial score (nSPS) is 10.0. The topological polar surface area (TPSA) is 82.3 Å². The molecule has 0 fully saturated rings. The molecule has 0 saturated carbocycles. The zero-order valence-electron chi connectivity index (χ0n) is 10.9. The number of aromatic nitrogens is 2. The van der Waals surface area contributed by atoms with Crippen molar-refractivity contribution in [2.75, 3.05) is 25.3 Å². The van der Waals surface area contributed by atoms with Crippen molar-refractivity contribution in [3.05, 3.63) is 36.3 Å². The molecular formula is C13H16N4O2. The number of methoxy groups -OCH3 is 2. The average molecular weight is 260 g/mol. The number of rotatable bonds is 5. The summed E-state index contributed by atoms with van der Waals surface area (Å²) < 4.78 is 10.4. The first-order valence-corrected chi connectivity index (χ1v) is 5.76. The van der Waals surface area contributed by atoms with Crippen molar-refractivity contribution >= 4 is 11.5 Å². The molecule has 6 nitrogen and oxygen atoms in total. The van der Waals surface area contributed by atoms with Crippen LogP contribution in [0, 0.1) is 0 Å². The maximum Gasteiger partial charge on any atom is 0.162 e. The van der Waals surface area contributed by atoms with Gasteiger partial charge in [-0.15, -0.1) is 0 Å². The number of nitrogen functional groups attached to an aromatic ring is 1. The van der Waals surface area contributed by atoms with Gasteiger partial charge in [-0.05, 0) is 18.2 Å². The van der Waals surface area contributed by atoms with Crippen LogP contribution in [0.5, 0.6) is 11.5 Å². The van der Waals surface area contributed by atoms with Crippen LogP contribution in [0.2, 0.25) is 0 Å². The van der Waals surface area contributed by atoms with Crippen molar-refractivity contribution in [1.82, 2.24) is 9.97 Å². The molecule has 3 N–H and O–H groups in total. The van der Waals surface area contributed by atoms with Gasteiger partial charge in [0.2, 0.25) is 0 Å². The molecule has 0 saturated heterocycles. The fourth-order valence-electron chi connectivity index (χ4n) is 1.63. The van der Waals surface area contributed by atoms with Crippen LogP contribution < -0.4 is 20.5 Å². The lowest BCUT2D eigenvalue weighted by molar-refractivity contribution is 0.355. The highest BCUT2D eigenvalue weighted by atomic mass is 16.5. The van der Waals surface area contributed by atoms with E-state index in [1.807, 2.05) is 18.2 Å². The summed E-state index contributed by atoms with van der Waals surface area (Å²) in [4.78, 5) is 8.23. The number of benzene rings is 1. The van der Waals surface area contributed by atoms with Crippen LogP contribution >= 0.6 is 0 Å². The van der Waals surface area contributed by atoms with Crippen molar-refractivity contribution in [2.45, 2.75) is 6.54 Å². The Balaban J connectivity index is 2.07. The van der Waals surface area contributed by atoms with Gasteiger partial charge in [0, 0.05) is 18.0 Å². The quantitative estimate of drug-likeness (QED) is 0.851. The van der Waals surface area contributed by atoms with Crippen LogP contribution in [-0.4, -0.2) is 24.2 Å². The van der Waals surface area contributed by atoms with E-state index in [2.05, 4.69) is 15.3 Å². The van der Waals surface area contributed by atoms with E-state index in [0.29, 0.717) is 29.7 Å². The second kappa shape index (κ2) is 5.90. The third-order valence-electron chi connectivity index (χ3n) is 2.56. The second-order valence-electron chi connectivity index (χ2n) is 3.82. The smallest absolute Gasteiger partial charge is 0.162 e. The molecule has 0 radical (unpaired) electrons. The molecule has 6 heteroatoms. The van der Waals surface area contributed by atoms with E-state index in [-0.39, 0.29) is 0 Å².